The number of anilines is 2. The van der Waals surface area contributed by atoms with E-state index in [4.69, 9.17) is 5.73 Å². The number of fused-ring (bicyclic) bond motifs is 1. The second-order valence-corrected chi connectivity index (χ2v) is 5.95. The van der Waals surface area contributed by atoms with Gasteiger partial charge in [0.1, 0.15) is 11.4 Å². The molecule has 0 amide bonds. The molecule has 0 aliphatic heterocycles. The van der Waals surface area contributed by atoms with Crippen LogP contribution in [0.25, 0.3) is 0 Å². The lowest BCUT2D eigenvalue weighted by Gasteiger charge is -2.24. The van der Waals surface area contributed by atoms with Gasteiger partial charge in [-0.25, -0.2) is 0 Å². The fourth-order valence-electron chi connectivity index (χ4n) is 2.84. The first-order valence-corrected chi connectivity index (χ1v) is 8.41. The summed E-state index contributed by atoms with van der Waals surface area (Å²) < 4.78 is 0. The highest BCUT2D eigenvalue weighted by Crippen LogP contribution is 2.30. The molecule has 2 aromatic carbocycles. The van der Waals surface area contributed by atoms with Crippen molar-refractivity contribution in [2.24, 2.45) is 0 Å². The van der Waals surface area contributed by atoms with Crippen LogP contribution >= 0.6 is 0 Å². The third-order valence-corrected chi connectivity index (χ3v) is 4.15. The molecule has 0 radical (unpaired) electrons. The number of para-hydroxylation sites is 1. The van der Waals surface area contributed by atoms with Crippen molar-refractivity contribution in [2.75, 3.05) is 17.6 Å². The van der Waals surface area contributed by atoms with Gasteiger partial charge in [-0.1, -0.05) is 43.7 Å². The molecule has 0 saturated carbocycles. The van der Waals surface area contributed by atoms with Crippen LogP contribution in [0, 0.1) is 0 Å². The fraction of sp³-hybridized carbons (Fsp3) is 0.200. The summed E-state index contributed by atoms with van der Waals surface area (Å²) in [4.78, 5) is 26.0. The van der Waals surface area contributed by atoms with E-state index < -0.39 is 0 Å². The van der Waals surface area contributed by atoms with E-state index in [9.17, 15) is 9.59 Å². The topological polar surface area (TPSA) is 84.2 Å². The Morgan fingerprint density at radius 1 is 0.920 bits per heavy atom. The van der Waals surface area contributed by atoms with Crippen molar-refractivity contribution < 1.29 is 9.59 Å². The van der Waals surface area contributed by atoms with Gasteiger partial charge >= 0.3 is 0 Å². The highest BCUT2D eigenvalue weighted by atomic mass is 16.1. The lowest BCUT2D eigenvalue weighted by Crippen LogP contribution is -2.34. The zero-order valence-electron chi connectivity index (χ0n) is 14.1. The number of nitrogen functional groups attached to an aromatic ring is 1. The molecule has 1 aliphatic carbocycles. The normalized spacial score (nSPS) is 13.6. The first kappa shape index (κ1) is 16.8. The van der Waals surface area contributed by atoms with Crippen LogP contribution in [0.1, 0.15) is 40.5 Å². The Morgan fingerprint density at radius 2 is 1.68 bits per heavy atom. The summed E-state index contributed by atoms with van der Waals surface area (Å²) in [6.45, 7) is 2.70. The minimum Gasteiger partial charge on any atom is -0.398 e. The van der Waals surface area contributed by atoms with E-state index >= 15 is 0 Å². The Balaban J connectivity index is 2.06. The predicted molar refractivity (Wildman–Crippen MR) is 99.5 cm³/mol. The number of nitrogens with two attached hydrogens (primary N) is 1. The molecule has 0 spiro atoms. The Kier molecular flexibility index (Phi) is 4.84. The molecule has 5 heteroatoms. The van der Waals surface area contributed by atoms with Gasteiger partial charge in [-0.05, 0) is 24.6 Å². The second-order valence-electron chi connectivity index (χ2n) is 5.95. The van der Waals surface area contributed by atoms with Gasteiger partial charge in [-0.3, -0.25) is 9.59 Å². The maximum atomic E-state index is 13.0. The Morgan fingerprint density at radius 3 is 2.40 bits per heavy atom. The molecule has 25 heavy (non-hydrogen) atoms. The van der Waals surface area contributed by atoms with Crippen molar-refractivity contribution in [3.05, 3.63) is 71.1 Å². The van der Waals surface area contributed by atoms with Crippen molar-refractivity contribution in [1.29, 1.82) is 0 Å². The summed E-state index contributed by atoms with van der Waals surface area (Å²) >= 11 is 0. The van der Waals surface area contributed by atoms with Crippen LogP contribution in [0.3, 0.4) is 0 Å². The third-order valence-electron chi connectivity index (χ3n) is 4.15. The minimum atomic E-state index is -0.268. The summed E-state index contributed by atoms with van der Waals surface area (Å²) in [5.74, 6) is -0.480. The van der Waals surface area contributed by atoms with Crippen LogP contribution in [-0.2, 0) is 0 Å². The van der Waals surface area contributed by atoms with E-state index in [1.807, 2.05) is 30.3 Å². The van der Waals surface area contributed by atoms with E-state index in [-0.39, 0.29) is 22.8 Å². The van der Waals surface area contributed by atoms with Crippen LogP contribution in [0.5, 0.6) is 0 Å². The lowest BCUT2D eigenvalue weighted by molar-refractivity contribution is 0.0970. The monoisotopic (exact) mass is 335 g/mol. The van der Waals surface area contributed by atoms with Crippen molar-refractivity contribution in [3.8, 4) is 0 Å². The minimum absolute atomic E-state index is 0.212. The number of benzene rings is 2. The van der Waals surface area contributed by atoms with E-state index in [0.29, 0.717) is 23.5 Å². The predicted octanol–water partition coefficient (Wildman–Crippen LogP) is 3.36. The lowest BCUT2D eigenvalue weighted by atomic mass is 9.88. The smallest absolute Gasteiger partial charge is 0.214 e. The Hall–Kier alpha value is -3.08. The summed E-state index contributed by atoms with van der Waals surface area (Å²) in [6, 6.07) is 14.3. The standard InChI is InChI=1S/C20H21N3O2/c1-2-3-12-22-17-18(23-13-8-5-4-6-9-13)20(25)16-14(19(17)24)10-7-11-15(16)21/h4-11,22-23H,2-3,12,21H2,1H3. The first-order chi connectivity index (χ1) is 12.1. The largest absolute Gasteiger partial charge is 0.398 e. The van der Waals surface area contributed by atoms with Gasteiger partial charge in [0.05, 0.1) is 5.56 Å². The number of carbonyl (C=O) groups is 2. The van der Waals surface area contributed by atoms with Gasteiger partial charge in [0.25, 0.3) is 0 Å². The van der Waals surface area contributed by atoms with Gasteiger partial charge in [-0.2, -0.15) is 0 Å². The number of Topliss-reactive ketones (excluding diaryl/α,β-unsaturated/α-hetero) is 2. The number of ketones is 2. The van der Waals surface area contributed by atoms with Crippen LogP contribution in [0.15, 0.2) is 59.9 Å². The van der Waals surface area contributed by atoms with Crippen molar-refractivity contribution in [1.82, 2.24) is 5.32 Å². The van der Waals surface area contributed by atoms with Crippen molar-refractivity contribution in [2.45, 2.75) is 19.8 Å². The highest BCUT2D eigenvalue weighted by molar-refractivity contribution is 6.29. The third kappa shape index (κ3) is 3.26. The van der Waals surface area contributed by atoms with Gasteiger partial charge in [0.15, 0.2) is 0 Å². The summed E-state index contributed by atoms with van der Waals surface area (Å²) in [7, 11) is 0. The van der Waals surface area contributed by atoms with Gasteiger partial charge in [-0.15, -0.1) is 0 Å². The SMILES string of the molecule is CCCCNC1=C(Nc2ccccc2)C(=O)c2c(N)cccc2C1=O. The molecule has 3 rings (SSSR count). The molecule has 4 N–H and O–H groups in total. The van der Waals surface area contributed by atoms with Crippen molar-refractivity contribution in [3.63, 3.8) is 0 Å². The van der Waals surface area contributed by atoms with E-state index in [0.717, 1.165) is 18.5 Å². The first-order valence-electron chi connectivity index (χ1n) is 8.41. The maximum absolute atomic E-state index is 13.0. The van der Waals surface area contributed by atoms with Gasteiger partial charge in [0.2, 0.25) is 11.6 Å². The molecule has 5 nitrogen and oxygen atoms in total. The number of hydrogen-bond acceptors (Lipinski definition) is 5. The number of carbonyl (C=O) groups excluding carboxylic acids is 2. The number of allylic oxidation sites excluding steroid dienone is 2. The average molecular weight is 335 g/mol. The number of nitrogens with one attached hydrogen (secondary N) is 2. The second kappa shape index (κ2) is 7.21. The van der Waals surface area contributed by atoms with Crippen molar-refractivity contribution >= 4 is 22.9 Å². The molecular formula is C20H21N3O2. The summed E-state index contributed by atoms with van der Waals surface area (Å²) in [5.41, 5.74) is 8.20. The molecule has 0 aromatic heterocycles. The Bertz CT molecular complexity index is 841. The number of hydrogen-bond donors (Lipinski definition) is 3. The molecular weight excluding hydrogens is 314 g/mol. The van der Waals surface area contributed by atoms with Gasteiger partial charge in [0, 0.05) is 23.5 Å². The van der Waals surface area contributed by atoms with E-state index in [1.165, 1.54) is 0 Å². The number of rotatable bonds is 6. The molecule has 0 bridgehead atoms. The highest BCUT2D eigenvalue weighted by Gasteiger charge is 2.33. The molecule has 0 saturated heterocycles. The summed E-state index contributed by atoms with van der Waals surface area (Å²) in [5, 5.41) is 6.24. The molecule has 0 heterocycles. The quantitative estimate of drug-likeness (QED) is 0.557. The zero-order valence-corrected chi connectivity index (χ0v) is 14.1. The van der Waals surface area contributed by atoms with E-state index in [1.54, 1.807) is 18.2 Å². The van der Waals surface area contributed by atoms with Crippen LogP contribution in [0.2, 0.25) is 0 Å². The van der Waals surface area contributed by atoms with Crippen LogP contribution in [0.4, 0.5) is 11.4 Å². The Labute approximate surface area is 146 Å². The average Bonchev–Trinajstić information content (AvgIpc) is 2.62. The molecule has 0 fully saturated rings. The zero-order chi connectivity index (χ0) is 17.8. The summed E-state index contributed by atoms with van der Waals surface area (Å²) in [6.07, 6.45) is 1.90. The fourth-order valence-corrected chi connectivity index (χ4v) is 2.84. The van der Waals surface area contributed by atoms with Gasteiger partial charge < -0.3 is 16.4 Å². The molecule has 2 aromatic rings. The van der Waals surface area contributed by atoms with Crippen LogP contribution < -0.4 is 16.4 Å². The van der Waals surface area contributed by atoms with Crippen LogP contribution in [-0.4, -0.2) is 18.1 Å². The molecule has 128 valence electrons. The maximum Gasteiger partial charge on any atom is 0.214 e. The van der Waals surface area contributed by atoms with E-state index in [2.05, 4.69) is 17.6 Å². The number of unbranched alkanes of at least 4 members (excludes halogenated alkanes) is 1. The molecule has 1 aliphatic rings. The molecule has 0 atom stereocenters. The molecule has 0 unspecified atom stereocenters.